The van der Waals surface area contributed by atoms with Crippen LogP contribution in [0.15, 0.2) is 33.9 Å². The minimum absolute atomic E-state index is 0.132. The molecule has 0 radical (unpaired) electrons. The molecule has 4 aliphatic rings. The van der Waals surface area contributed by atoms with Crippen molar-refractivity contribution in [2.24, 2.45) is 17.8 Å². The normalized spacial score (nSPS) is 33.3. The molecule has 0 N–H and O–H groups in total. The Morgan fingerprint density at radius 1 is 0.868 bits per heavy atom. The topological polar surface area (TPSA) is 73.5 Å². The lowest BCUT2D eigenvalue weighted by atomic mass is 9.64. The van der Waals surface area contributed by atoms with Crippen LogP contribution in [0.3, 0.4) is 0 Å². The van der Waals surface area contributed by atoms with E-state index < -0.39 is 5.97 Å². The van der Waals surface area contributed by atoms with E-state index in [1.165, 1.54) is 54.1 Å². The summed E-state index contributed by atoms with van der Waals surface area (Å²) < 4.78 is 8.10. The lowest BCUT2D eigenvalue weighted by Crippen LogP contribution is -2.59. The van der Waals surface area contributed by atoms with Gasteiger partial charge in [-0.25, -0.2) is 4.79 Å². The average molecular weight is 522 g/mol. The molecule has 0 amide bonds. The van der Waals surface area contributed by atoms with Crippen LogP contribution in [0.5, 0.6) is 0 Å². The first kappa shape index (κ1) is 25.8. The number of ether oxygens (including phenoxy) is 1. The monoisotopic (exact) mass is 521 g/mol. The molecule has 0 spiro atoms. The van der Waals surface area contributed by atoms with Gasteiger partial charge in [-0.15, -0.1) is 0 Å². The van der Waals surface area contributed by atoms with Crippen LogP contribution in [0.4, 0.5) is 0 Å². The van der Waals surface area contributed by atoms with Crippen molar-refractivity contribution in [1.29, 1.82) is 0 Å². The molecule has 6 rings (SSSR count). The molecule has 4 fully saturated rings. The smallest absolute Gasteiger partial charge is 0.332 e. The number of esters is 1. The number of hydrogen-bond acceptors (Lipinski definition) is 5. The van der Waals surface area contributed by atoms with E-state index in [4.69, 9.17) is 4.74 Å². The van der Waals surface area contributed by atoms with E-state index in [9.17, 15) is 14.4 Å². The van der Waals surface area contributed by atoms with Crippen molar-refractivity contribution >= 4 is 16.9 Å². The highest BCUT2D eigenvalue weighted by Gasteiger charge is 2.46. The molecule has 3 heterocycles. The van der Waals surface area contributed by atoms with Crippen LogP contribution < -0.4 is 11.2 Å². The Kier molecular flexibility index (Phi) is 7.23. The van der Waals surface area contributed by atoms with Crippen molar-refractivity contribution in [3.63, 3.8) is 0 Å². The van der Waals surface area contributed by atoms with E-state index in [1.807, 2.05) is 6.07 Å². The second-order valence-electron chi connectivity index (χ2n) is 12.5. The molecule has 7 nitrogen and oxygen atoms in total. The summed E-state index contributed by atoms with van der Waals surface area (Å²) in [4.78, 5) is 42.8. The van der Waals surface area contributed by atoms with Crippen molar-refractivity contribution in [2.75, 3.05) is 6.61 Å². The molecule has 2 aromatic rings. The van der Waals surface area contributed by atoms with Gasteiger partial charge < -0.3 is 4.74 Å². The third-order valence-corrected chi connectivity index (χ3v) is 10.3. The molecule has 4 bridgehead atoms. The summed E-state index contributed by atoms with van der Waals surface area (Å²) in [6.45, 7) is 4.19. The highest BCUT2D eigenvalue weighted by Crippen LogP contribution is 2.48. The number of benzene rings is 1. The van der Waals surface area contributed by atoms with Gasteiger partial charge in [0.1, 0.15) is 6.54 Å². The Balaban J connectivity index is 1.30. The molecule has 2 aliphatic carbocycles. The third kappa shape index (κ3) is 4.65. The Hall–Kier alpha value is -2.41. The van der Waals surface area contributed by atoms with Gasteiger partial charge in [-0.3, -0.25) is 23.6 Å². The molecular formula is C31H43N3O4. The molecule has 7 heteroatoms. The summed E-state index contributed by atoms with van der Waals surface area (Å²) in [6.07, 6.45) is 13.4. The van der Waals surface area contributed by atoms with E-state index in [2.05, 4.69) is 11.8 Å². The summed E-state index contributed by atoms with van der Waals surface area (Å²) in [7, 11) is 0. The SMILES string of the molecule is CCOC(=O)Cn1c(=O)n(C2CC3CCCC(C2)N3C2CC3C[C@H](CC)C[C@@H](C3)C2)c(=O)c2ccccc21. The molecule has 4 unspecified atom stereocenters. The highest BCUT2D eigenvalue weighted by molar-refractivity contribution is 5.80. The van der Waals surface area contributed by atoms with Gasteiger partial charge in [-0.1, -0.05) is 31.9 Å². The molecule has 2 saturated heterocycles. The van der Waals surface area contributed by atoms with Crippen LogP contribution in [0.25, 0.3) is 10.9 Å². The second kappa shape index (κ2) is 10.6. The van der Waals surface area contributed by atoms with Gasteiger partial charge in [0.15, 0.2) is 0 Å². The van der Waals surface area contributed by atoms with E-state index >= 15 is 0 Å². The fourth-order valence-electron chi connectivity index (χ4n) is 8.88. The van der Waals surface area contributed by atoms with Crippen LogP contribution in [0, 0.1) is 17.8 Å². The quantitative estimate of drug-likeness (QED) is 0.506. The number of hydrogen-bond donors (Lipinski definition) is 0. The van der Waals surface area contributed by atoms with E-state index in [-0.39, 0.29) is 30.4 Å². The van der Waals surface area contributed by atoms with Gasteiger partial charge in [0.25, 0.3) is 5.56 Å². The molecule has 6 atom stereocenters. The maximum absolute atomic E-state index is 13.8. The summed E-state index contributed by atoms with van der Waals surface area (Å²) in [6, 6.07) is 8.53. The fourth-order valence-corrected chi connectivity index (χ4v) is 8.88. The van der Waals surface area contributed by atoms with Crippen molar-refractivity contribution in [3.8, 4) is 0 Å². The minimum Gasteiger partial charge on any atom is -0.465 e. The van der Waals surface area contributed by atoms with Gasteiger partial charge in [0, 0.05) is 24.2 Å². The summed E-state index contributed by atoms with van der Waals surface area (Å²) in [5.41, 5.74) is -0.0975. The van der Waals surface area contributed by atoms with Crippen molar-refractivity contribution < 1.29 is 9.53 Å². The predicted octanol–water partition coefficient (Wildman–Crippen LogP) is 4.89. The number of carbonyl (C=O) groups is 1. The number of nitrogens with zero attached hydrogens (tertiary/aromatic N) is 3. The number of fused-ring (bicyclic) bond motifs is 5. The predicted molar refractivity (Wildman–Crippen MR) is 148 cm³/mol. The van der Waals surface area contributed by atoms with Gasteiger partial charge >= 0.3 is 11.7 Å². The number of carbonyl (C=O) groups excluding carboxylic acids is 1. The Morgan fingerprint density at radius 3 is 2.21 bits per heavy atom. The Morgan fingerprint density at radius 2 is 1.55 bits per heavy atom. The van der Waals surface area contributed by atoms with Crippen LogP contribution in [-0.2, 0) is 16.1 Å². The summed E-state index contributed by atoms with van der Waals surface area (Å²) in [5.74, 6) is 2.20. The third-order valence-electron chi connectivity index (χ3n) is 10.3. The summed E-state index contributed by atoms with van der Waals surface area (Å²) >= 11 is 0. The van der Waals surface area contributed by atoms with Crippen molar-refractivity contribution in [2.45, 2.75) is 115 Å². The van der Waals surface area contributed by atoms with Gasteiger partial charge in [0.05, 0.1) is 17.5 Å². The molecular weight excluding hydrogens is 478 g/mol. The Bertz CT molecular complexity index is 1270. The first-order valence-electron chi connectivity index (χ1n) is 15.1. The largest absolute Gasteiger partial charge is 0.465 e. The van der Waals surface area contributed by atoms with E-state index in [0.29, 0.717) is 29.0 Å². The second-order valence-corrected chi connectivity index (χ2v) is 12.5. The molecule has 1 aromatic carbocycles. The van der Waals surface area contributed by atoms with E-state index in [0.717, 1.165) is 43.4 Å². The zero-order chi connectivity index (χ0) is 26.4. The number of piperidine rings is 2. The van der Waals surface area contributed by atoms with Crippen LogP contribution in [-0.4, -0.2) is 44.7 Å². The van der Waals surface area contributed by atoms with Crippen molar-refractivity contribution in [1.82, 2.24) is 14.0 Å². The van der Waals surface area contributed by atoms with Crippen LogP contribution in [0.2, 0.25) is 0 Å². The first-order valence-corrected chi connectivity index (χ1v) is 15.1. The lowest BCUT2D eigenvalue weighted by Gasteiger charge is -2.55. The first-order chi connectivity index (χ1) is 18.5. The zero-order valence-corrected chi connectivity index (χ0v) is 23.0. The van der Waals surface area contributed by atoms with Crippen LogP contribution in [0.1, 0.15) is 90.5 Å². The molecule has 38 heavy (non-hydrogen) atoms. The lowest BCUT2D eigenvalue weighted by molar-refractivity contribution is -0.143. The van der Waals surface area contributed by atoms with Gasteiger partial charge in [-0.05, 0) is 94.6 Å². The summed E-state index contributed by atoms with van der Waals surface area (Å²) in [5, 5.41) is 0.495. The van der Waals surface area contributed by atoms with Crippen LogP contribution >= 0.6 is 0 Å². The Labute approximate surface area is 225 Å². The standard InChI is InChI=1S/C31H43N3O4/c1-3-20-12-21-14-22(13-20)16-25(15-21)33-23-8-7-9-24(33)18-26(17-23)34-30(36)27-10-5-6-11-28(27)32(31(34)37)19-29(35)38-4-2/h5-6,10-11,20-26H,3-4,7-9,12-19H2,1-2H3/t20-,21+,22?,23?,24?,25?,26?/m1/s1. The highest BCUT2D eigenvalue weighted by atomic mass is 16.5. The molecule has 206 valence electrons. The van der Waals surface area contributed by atoms with Gasteiger partial charge in [-0.2, -0.15) is 0 Å². The van der Waals surface area contributed by atoms with E-state index in [1.54, 1.807) is 25.1 Å². The van der Waals surface area contributed by atoms with Crippen molar-refractivity contribution in [3.05, 3.63) is 45.1 Å². The molecule has 2 saturated carbocycles. The minimum atomic E-state index is -0.454. The number of rotatable bonds is 6. The zero-order valence-electron chi connectivity index (χ0n) is 23.0. The average Bonchev–Trinajstić information content (AvgIpc) is 2.90. The molecule has 2 aliphatic heterocycles. The number of para-hydroxylation sites is 1. The maximum atomic E-state index is 13.8. The molecule has 1 aromatic heterocycles. The number of aromatic nitrogens is 2. The van der Waals surface area contributed by atoms with Gasteiger partial charge in [0.2, 0.25) is 0 Å². The maximum Gasteiger partial charge on any atom is 0.332 e. The fraction of sp³-hybridized carbons (Fsp3) is 0.710.